The molecule has 3 aromatic rings. The molecule has 0 radical (unpaired) electrons. The van der Waals surface area contributed by atoms with Crippen molar-refractivity contribution in [1.29, 1.82) is 0 Å². The largest absolute Gasteiger partial charge is 0.457 e. The van der Waals surface area contributed by atoms with E-state index in [0.29, 0.717) is 12.0 Å². The van der Waals surface area contributed by atoms with Gasteiger partial charge in [-0.15, -0.1) is 22.7 Å². The van der Waals surface area contributed by atoms with Crippen LogP contribution >= 0.6 is 22.7 Å². The Kier molecular flexibility index (Phi) is 5.45. The van der Waals surface area contributed by atoms with Crippen LogP contribution in [-0.4, -0.2) is 27.9 Å². The molecular weight excluding hydrogens is 356 g/mol. The number of thiophene rings is 1. The molecule has 0 aliphatic carbocycles. The molecule has 0 unspecified atom stereocenters. The molecule has 7 heteroatoms. The van der Waals surface area contributed by atoms with Crippen LogP contribution in [0.3, 0.4) is 0 Å². The fourth-order valence-electron chi connectivity index (χ4n) is 2.64. The summed E-state index contributed by atoms with van der Waals surface area (Å²) in [5, 5.41) is 4.69. The number of nitrogens with zero attached hydrogens (tertiary/aromatic N) is 2. The number of carbonyl (C=O) groups is 2. The molecule has 3 heterocycles. The number of rotatable bonds is 7. The molecule has 0 spiro atoms. The van der Waals surface area contributed by atoms with E-state index < -0.39 is 0 Å². The number of esters is 1. The average molecular weight is 374 g/mol. The van der Waals surface area contributed by atoms with Gasteiger partial charge in [-0.2, -0.15) is 0 Å². The van der Waals surface area contributed by atoms with E-state index in [1.807, 2.05) is 47.4 Å². The molecule has 130 valence electrons. The first-order valence-corrected chi connectivity index (χ1v) is 9.62. The van der Waals surface area contributed by atoms with E-state index in [4.69, 9.17) is 4.74 Å². The van der Waals surface area contributed by atoms with E-state index in [0.717, 1.165) is 21.4 Å². The second-order valence-corrected chi connectivity index (χ2v) is 7.50. The van der Waals surface area contributed by atoms with Crippen molar-refractivity contribution in [2.24, 2.45) is 0 Å². The number of ether oxygens (including phenoxy) is 1. The maximum absolute atomic E-state index is 12.4. The summed E-state index contributed by atoms with van der Waals surface area (Å²) in [5.74, 6) is -0.545. The molecule has 0 atom stereocenters. The van der Waals surface area contributed by atoms with Crippen LogP contribution in [0.1, 0.15) is 33.0 Å². The summed E-state index contributed by atoms with van der Waals surface area (Å²) in [4.78, 5) is 29.7. The van der Waals surface area contributed by atoms with E-state index in [-0.39, 0.29) is 24.8 Å². The number of hydrogen-bond donors (Lipinski definition) is 0. The first-order valence-electron chi connectivity index (χ1n) is 7.86. The lowest BCUT2D eigenvalue weighted by Crippen LogP contribution is -2.15. The van der Waals surface area contributed by atoms with Crippen molar-refractivity contribution < 1.29 is 14.3 Å². The highest BCUT2D eigenvalue weighted by Crippen LogP contribution is 2.22. The van der Waals surface area contributed by atoms with Crippen molar-refractivity contribution in [3.8, 4) is 5.13 Å². The molecule has 25 heavy (non-hydrogen) atoms. The van der Waals surface area contributed by atoms with Gasteiger partial charge in [0.25, 0.3) is 0 Å². The highest BCUT2D eigenvalue weighted by molar-refractivity contribution is 7.12. The maximum atomic E-state index is 12.4. The van der Waals surface area contributed by atoms with Gasteiger partial charge in [0.05, 0.1) is 6.42 Å². The Balaban J connectivity index is 1.60. The van der Waals surface area contributed by atoms with Gasteiger partial charge >= 0.3 is 5.97 Å². The predicted octanol–water partition coefficient (Wildman–Crippen LogP) is 3.97. The molecule has 0 N–H and O–H groups in total. The van der Waals surface area contributed by atoms with Gasteiger partial charge in [-0.3, -0.25) is 14.2 Å². The summed E-state index contributed by atoms with van der Waals surface area (Å²) >= 11 is 3.12. The second kappa shape index (κ2) is 7.76. The minimum absolute atomic E-state index is 0.194. The van der Waals surface area contributed by atoms with Crippen molar-refractivity contribution in [2.75, 3.05) is 6.61 Å². The lowest BCUT2D eigenvalue weighted by molar-refractivity contribution is -0.142. The Morgan fingerprint density at radius 2 is 2.08 bits per heavy atom. The number of carbonyl (C=O) groups excluding carboxylic acids is 2. The first-order chi connectivity index (χ1) is 12.1. The van der Waals surface area contributed by atoms with Crippen molar-refractivity contribution in [3.05, 3.63) is 57.0 Å². The van der Waals surface area contributed by atoms with Gasteiger partial charge < -0.3 is 4.74 Å². The van der Waals surface area contributed by atoms with Gasteiger partial charge in [0, 0.05) is 33.4 Å². The molecule has 0 aliphatic heterocycles. The van der Waals surface area contributed by atoms with E-state index in [1.54, 1.807) is 17.5 Å². The van der Waals surface area contributed by atoms with Crippen LogP contribution in [0, 0.1) is 13.8 Å². The number of hydrogen-bond acceptors (Lipinski definition) is 6. The van der Waals surface area contributed by atoms with Crippen LogP contribution in [0.15, 0.2) is 35.2 Å². The minimum atomic E-state index is -0.351. The Hall–Kier alpha value is -2.25. The van der Waals surface area contributed by atoms with Gasteiger partial charge in [-0.05, 0) is 37.8 Å². The fraction of sp³-hybridized carbons (Fsp3) is 0.278. The molecule has 0 amide bonds. The minimum Gasteiger partial charge on any atom is -0.457 e. The molecular formula is C18H18N2O3S2. The van der Waals surface area contributed by atoms with Gasteiger partial charge in [-0.25, -0.2) is 4.98 Å². The van der Waals surface area contributed by atoms with E-state index in [2.05, 4.69) is 4.98 Å². The summed E-state index contributed by atoms with van der Waals surface area (Å²) in [6, 6.07) is 5.75. The van der Waals surface area contributed by atoms with Crippen molar-refractivity contribution in [1.82, 2.24) is 9.55 Å². The molecule has 3 aromatic heterocycles. The van der Waals surface area contributed by atoms with Crippen LogP contribution < -0.4 is 0 Å². The summed E-state index contributed by atoms with van der Waals surface area (Å²) < 4.78 is 7.09. The van der Waals surface area contributed by atoms with Gasteiger partial charge in [-0.1, -0.05) is 6.07 Å². The third-order valence-electron chi connectivity index (χ3n) is 3.86. The zero-order chi connectivity index (χ0) is 17.8. The zero-order valence-electron chi connectivity index (χ0n) is 14.0. The molecule has 0 fully saturated rings. The van der Waals surface area contributed by atoms with Crippen molar-refractivity contribution in [3.63, 3.8) is 0 Å². The molecule has 3 rings (SSSR count). The summed E-state index contributed by atoms with van der Waals surface area (Å²) in [6.45, 7) is 3.57. The van der Waals surface area contributed by atoms with Gasteiger partial charge in [0.15, 0.2) is 11.7 Å². The molecule has 5 nitrogen and oxygen atoms in total. The van der Waals surface area contributed by atoms with Crippen molar-refractivity contribution >= 4 is 34.4 Å². The highest BCUT2D eigenvalue weighted by atomic mass is 32.1. The predicted molar refractivity (Wildman–Crippen MR) is 98.8 cm³/mol. The third kappa shape index (κ3) is 4.05. The van der Waals surface area contributed by atoms with Crippen LogP contribution in [0.25, 0.3) is 5.13 Å². The quantitative estimate of drug-likeness (QED) is 0.464. The number of thiazole rings is 1. The number of ketones is 1. The maximum Gasteiger partial charge on any atom is 0.306 e. The summed E-state index contributed by atoms with van der Waals surface area (Å²) in [7, 11) is 0. The first kappa shape index (κ1) is 17.6. The fourth-order valence-corrected chi connectivity index (χ4v) is 4.10. The number of aromatic nitrogens is 2. The molecule has 0 aromatic carbocycles. The van der Waals surface area contributed by atoms with Crippen LogP contribution in [0.4, 0.5) is 0 Å². The van der Waals surface area contributed by atoms with Gasteiger partial charge in [0.2, 0.25) is 5.78 Å². The van der Waals surface area contributed by atoms with Crippen LogP contribution in [0.5, 0.6) is 0 Å². The smallest absolute Gasteiger partial charge is 0.306 e. The number of aryl methyl sites for hydroxylation is 2. The lowest BCUT2D eigenvalue weighted by Gasteiger charge is -2.06. The number of Topliss-reactive ketones (excluding diaryl/α,β-unsaturated/α-hetero) is 1. The summed E-state index contributed by atoms with van der Waals surface area (Å²) in [6.07, 6.45) is 2.66. The van der Waals surface area contributed by atoms with Gasteiger partial charge in [0.1, 0.15) is 0 Å². The molecule has 0 aliphatic rings. The zero-order valence-corrected chi connectivity index (χ0v) is 15.7. The van der Waals surface area contributed by atoms with E-state index in [1.165, 1.54) is 11.3 Å². The van der Waals surface area contributed by atoms with Crippen molar-refractivity contribution in [2.45, 2.75) is 26.7 Å². The van der Waals surface area contributed by atoms with E-state index in [9.17, 15) is 9.59 Å². The summed E-state index contributed by atoms with van der Waals surface area (Å²) in [5.41, 5.74) is 2.31. The molecule has 0 saturated carbocycles. The topological polar surface area (TPSA) is 61.2 Å². The average Bonchev–Trinajstić information content (AvgIpc) is 3.32. The second-order valence-electron chi connectivity index (χ2n) is 5.60. The highest BCUT2D eigenvalue weighted by Gasteiger charge is 2.19. The monoisotopic (exact) mass is 374 g/mol. The standard InChI is InChI=1S/C18H18N2O3S2/c1-12-10-15(13(2)20(12)18-19-7-9-25-18)16(21)11-23-17(22)6-5-14-4-3-8-24-14/h3-4,7-10H,5-6,11H2,1-2H3. The Labute approximate surface area is 153 Å². The SMILES string of the molecule is Cc1cc(C(=O)COC(=O)CCc2cccs2)c(C)n1-c1nccs1. The third-order valence-corrected chi connectivity index (χ3v) is 5.55. The van der Waals surface area contributed by atoms with Crippen LogP contribution in [0.2, 0.25) is 0 Å². The normalized spacial score (nSPS) is 10.8. The Morgan fingerprint density at radius 1 is 1.24 bits per heavy atom. The van der Waals surface area contributed by atoms with E-state index >= 15 is 0 Å². The lowest BCUT2D eigenvalue weighted by atomic mass is 10.1. The molecule has 0 bridgehead atoms. The Bertz CT molecular complexity index is 865. The molecule has 0 saturated heterocycles. The van der Waals surface area contributed by atoms with Crippen LogP contribution in [-0.2, 0) is 16.0 Å². The Morgan fingerprint density at radius 3 is 2.76 bits per heavy atom.